The fourth-order valence-electron chi connectivity index (χ4n) is 3.56. The fourth-order valence-corrected chi connectivity index (χ4v) is 3.56. The van der Waals surface area contributed by atoms with Gasteiger partial charge in [0.05, 0.1) is 25.9 Å². The van der Waals surface area contributed by atoms with Gasteiger partial charge in [-0.15, -0.1) is 0 Å². The number of nitrogens with one attached hydrogen (secondary N) is 1. The molecule has 2 N–H and O–H groups in total. The number of hydrogen-bond acceptors (Lipinski definition) is 5. The van der Waals surface area contributed by atoms with E-state index in [0.717, 1.165) is 30.2 Å². The molecule has 1 aliphatic rings. The molecule has 0 radical (unpaired) electrons. The number of methoxy groups -OCH3 is 1. The first-order valence-electron chi connectivity index (χ1n) is 10.7. The lowest BCUT2D eigenvalue weighted by atomic mass is 10.2. The van der Waals surface area contributed by atoms with Gasteiger partial charge >= 0.3 is 0 Å². The number of guanidine groups is 1. The second kappa shape index (κ2) is 11.5. The predicted octanol–water partition coefficient (Wildman–Crippen LogP) is 2.63. The van der Waals surface area contributed by atoms with E-state index in [2.05, 4.69) is 10.2 Å². The summed E-state index contributed by atoms with van der Waals surface area (Å²) in [5, 5.41) is 12.2. The molecule has 1 fully saturated rings. The zero-order valence-electron chi connectivity index (χ0n) is 18.5. The van der Waals surface area contributed by atoms with Crippen LogP contribution in [-0.2, 0) is 6.54 Å². The van der Waals surface area contributed by atoms with Crippen molar-refractivity contribution in [2.24, 2.45) is 4.99 Å². The summed E-state index contributed by atoms with van der Waals surface area (Å²) in [6.45, 7) is 5.70. The van der Waals surface area contributed by atoms with Gasteiger partial charge in [0, 0.05) is 38.8 Å². The number of aliphatic hydroxyl groups excluding tert-OH is 1. The number of piperazine rings is 1. The molecule has 1 aliphatic heterocycles. The van der Waals surface area contributed by atoms with E-state index < -0.39 is 11.6 Å². The monoisotopic (exact) mass is 448 g/mol. The van der Waals surface area contributed by atoms with Crippen molar-refractivity contribution in [3.8, 4) is 11.5 Å². The molecule has 0 bridgehead atoms. The van der Waals surface area contributed by atoms with E-state index in [1.54, 1.807) is 13.2 Å². The minimum absolute atomic E-state index is 0.0691. The van der Waals surface area contributed by atoms with Gasteiger partial charge in [-0.05, 0) is 36.8 Å². The molecule has 3 rings (SSSR count). The minimum Gasteiger partial charge on any atom is -0.493 e. The lowest BCUT2D eigenvalue weighted by Crippen LogP contribution is -2.52. The summed E-state index contributed by atoms with van der Waals surface area (Å²) < 4.78 is 38.5. The Morgan fingerprint density at radius 1 is 1.09 bits per heavy atom. The van der Waals surface area contributed by atoms with Crippen molar-refractivity contribution in [2.45, 2.75) is 13.5 Å². The highest BCUT2D eigenvalue weighted by Crippen LogP contribution is 2.28. The third-order valence-corrected chi connectivity index (χ3v) is 5.15. The Morgan fingerprint density at radius 2 is 1.88 bits per heavy atom. The Kier molecular flexibility index (Phi) is 8.49. The average molecular weight is 449 g/mol. The van der Waals surface area contributed by atoms with Crippen LogP contribution in [0.5, 0.6) is 11.5 Å². The van der Waals surface area contributed by atoms with Crippen LogP contribution in [0.4, 0.5) is 14.5 Å². The Morgan fingerprint density at radius 3 is 2.56 bits per heavy atom. The van der Waals surface area contributed by atoms with Gasteiger partial charge in [0.1, 0.15) is 18.2 Å². The maximum Gasteiger partial charge on any atom is 0.194 e. The maximum absolute atomic E-state index is 14.1. The molecule has 1 saturated heterocycles. The number of ether oxygens (including phenoxy) is 2. The molecule has 32 heavy (non-hydrogen) atoms. The number of rotatable bonds is 8. The molecule has 174 valence electrons. The van der Waals surface area contributed by atoms with Crippen LogP contribution in [0.2, 0.25) is 0 Å². The van der Waals surface area contributed by atoms with Gasteiger partial charge < -0.3 is 29.7 Å². The molecule has 2 aromatic carbocycles. The highest BCUT2D eigenvalue weighted by Gasteiger charge is 2.22. The lowest BCUT2D eigenvalue weighted by Gasteiger charge is -2.37. The molecule has 9 heteroatoms. The third kappa shape index (κ3) is 6.00. The summed E-state index contributed by atoms with van der Waals surface area (Å²) >= 11 is 0. The van der Waals surface area contributed by atoms with Crippen molar-refractivity contribution in [2.75, 3.05) is 57.9 Å². The van der Waals surface area contributed by atoms with E-state index >= 15 is 0 Å². The van der Waals surface area contributed by atoms with E-state index in [0.29, 0.717) is 49.9 Å². The van der Waals surface area contributed by atoms with Crippen LogP contribution in [0.3, 0.4) is 0 Å². The third-order valence-electron chi connectivity index (χ3n) is 5.15. The summed E-state index contributed by atoms with van der Waals surface area (Å²) in [5.74, 6) is 1.07. The van der Waals surface area contributed by atoms with E-state index in [1.165, 1.54) is 6.07 Å². The Labute approximate surface area is 187 Å². The van der Waals surface area contributed by atoms with Crippen molar-refractivity contribution in [1.29, 1.82) is 0 Å². The molecule has 0 aliphatic carbocycles. The summed E-state index contributed by atoms with van der Waals surface area (Å²) in [4.78, 5) is 8.72. The molecule has 0 saturated carbocycles. The highest BCUT2D eigenvalue weighted by atomic mass is 19.1. The van der Waals surface area contributed by atoms with Crippen LogP contribution in [0.1, 0.15) is 12.5 Å². The maximum atomic E-state index is 14.1. The molecule has 2 aromatic rings. The molecule has 0 amide bonds. The zero-order chi connectivity index (χ0) is 22.9. The van der Waals surface area contributed by atoms with Crippen LogP contribution in [0, 0.1) is 11.6 Å². The van der Waals surface area contributed by atoms with Gasteiger partial charge in [-0.2, -0.15) is 0 Å². The Bertz CT molecular complexity index is 918. The Balaban J connectivity index is 1.66. The normalized spacial score (nSPS) is 14.5. The second-order valence-corrected chi connectivity index (χ2v) is 7.30. The Hall–Kier alpha value is -3.07. The van der Waals surface area contributed by atoms with Crippen LogP contribution in [0.25, 0.3) is 0 Å². The second-order valence-electron chi connectivity index (χ2n) is 7.30. The van der Waals surface area contributed by atoms with Gasteiger partial charge in [0.2, 0.25) is 0 Å². The average Bonchev–Trinajstić information content (AvgIpc) is 2.82. The number of halogens is 2. The molecule has 7 nitrogen and oxygen atoms in total. The van der Waals surface area contributed by atoms with E-state index in [-0.39, 0.29) is 13.2 Å². The summed E-state index contributed by atoms with van der Waals surface area (Å²) in [6.07, 6.45) is 0. The standard InChI is InChI=1S/C23H30F2N4O3/c1-3-26-23(27-16-17-4-7-21(32-13-12-30)22(14-17)31-2)29-10-8-28(9-11-29)20-15-18(24)5-6-19(20)25/h4-7,14-15,30H,3,8-13,16H2,1-2H3,(H,26,27). The number of aliphatic imine (C=N–C) groups is 1. The molecule has 0 aromatic heterocycles. The largest absolute Gasteiger partial charge is 0.493 e. The smallest absolute Gasteiger partial charge is 0.194 e. The van der Waals surface area contributed by atoms with Crippen molar-refractivity contribution in [3.63, 3.8) is 0 Å². The van der Waals surface area contributed by atoms with Gasteiger partial charge in [0.15, 0.2) is 17.5 Å². The fraction of sp³-hybridized carbons (Fsp3) is 0.435. The molecule has 0 unspecified atom stereocenters. The number of nitrogens with zero attached hydrogens (tertiary/aromatic N) is 3. The highest BCUT2D eigenvalue weighted by molar-refractivity contribution is 5.80. The van der Waals surface area contributed by atoms with Crippen LogP contribution in [0.15, 0.2) is 41.4 Å². The minimum atomic E-state index is -0.443. The molecular formula is C23H30F2N4O3. The quantitative estimate of drug-likeness (QED) is 0.478. The summed E-state index contributed by atoms with van der Waals surface area (Å²) in [5.41, 5.74) is 1.25. The van der Waals surface area contributed by atoms with Crippen molar-refractivity contribution < 1.29 is 23.4 Å². The van der Waals surface area contributed by atoms with E-state index in [1.807, 2.05) is 24.0 Å². The van der Waals surface area contributed by atoms with Gasteiger partial charge in [-0.1, -0.05) is 6.07 Å². The lowest BCUT2D eigenvalue weighted by molar-refractivity contribution is 0.196. The van der Waals surface area contributed by atoms with Crippen LogP contribution in [-0.4, -0.2) is 69.0 Å². The molecule has 0 spiro atoms. The number of benzene rings is 2. The number of hydrogen-bond donors (Lipinski definition) is 2. The number of aliphatic hydroxyl groups is 1. The van der Waals surface area contributed by atoms with Gasteiger partial charge in [-0.25, -0.2) is 13.8 Å². The van der Waals surface area contributed by atoms with Gasteiger partial charge in [-0.3, -0.25) is 0 Å². The zero-order valence-corrected chi connectivity index (χ0v) is 18.5. The van der Waals surface area contributed by atoms with Crippen molar-refractivity contribution >= 4 is 11.6 Å². The number of anilines is 1. The first-order chi connectivity index (χ1) is 15.5. The SMILES string of the molecule is CCNC(=NCc1ccc(OCCO)c(OC)c1)N1CCN(c2cc(F)ccc2F)CC1. The van der Waals surface area contributed by atoms with Crippen LogP contribution < -0.4 is 19.7 Å². The summed E-state index contributed by atoms with van der Waals surface area (Å²) in [6, 6.07) is 9.11. The summed E-state index contributed by atoms with van der Waals surface area (Å²) in [7, 11) is 1.57. The first-order valence-corrected chi connectivity index (χ1v) is 10.7. The molecular weight excluding hydrogens is 418 g/mol. The first kappa shape index (κ1) is 23.6. The van der Waals surface area contributed by atoms with Crippen molar-refractivity contribution in [1.82, 2.24) is 10.2 Å². The van der Waals surface area contributed by atoms with Crippen molar-refractivity contribution in [3.05, 3.63) is 53.6 Å². The topological polar surface area (TPSA) is 69.6 Å². The predicted molar refractivity (Wildman–Crippen MR) is 121 cm³/mol. The molecule has 1 heterocycles. The molecule has 0 atom stereocenters. The van der Waals surface area contributed by atoms with Gasteiger partial charge in [0.25, 0.3) is 0 Å². The van der Waals surface area contributed by atoms with E-state index in [4.69, 9.17) is 19.6 Å². The van der Waals surface area contributed by atoms with Crippen LogP contribution >= 0.6 is 0 Å². The van der Waals surface area contributed by atoms with E-state index in [9.17, 15) is 8.78 Å².